The Kier molecular flexibility index (Phi) is 5.78. The Bertz CT molecular complexity index is 28.9. The first-order chi connectivity index (χ1) is 3.41. The third kappa shape index (κ3) is 5.88. The van der Waals surface area contributed by atoms with Gasteiger partial charge in [0, 0.05) is 20.3 Å². The average molecular weight is 105 g/mol. The third-order valence-electron chi connectivity index (χ3n) is 0.637. The number of hydrogen-bond donors (Lipinski definition) is 2. The van der Waals surface area contributed by atoms with Crippen molar-refractivity contribution in [2.75, 3.05) is 20.3 Å². The van der Waals surface area contributed by atoms with Crippen LogP contribution in [0.25, 0.3) is 0 Å². The molecule has 0 rings (SSSR count). The molecule has 3 nitrogen and oxygen atoms in total. The van der Waals surface area contributed by atoms with Gasteiger partial charge in [-0.1, -0.05) is 0 Å². The number of hydroxylamine groups is 1. The summed E-state index contributed by atoms with van der Waals surface area (Å²) >= 11 is 0. The second-order valence-corrected chi connectivity index (χ2v) is 1.25. The molecule has 0 atom stereocenters. The van der Waals surface area contributed by atoms with E-state index in [9.17, 15) is 0 Å². The summed E-state index contributed by atoms with van der Waals surface area (Å²) in [6, 6.07) is 0. The Morgan fingerprint density at radius 1 is 1.71 bits per heavy atom. The van der Waals surface area contributed by atoms with E-state index in [0.29, 0.717) is 13.2 Å². The summed E-state index contributed by atoms with van der Waals surface area (Å²) in [7, 11) is 1.64. The molecule has 0 aliphatic heterocycles. The van der Waals surface area contributed by atoms with E-state index in [4.69, 9.17) is 9.94 Å². The molecule has 0 aromatic rings. The molecule has 0 heterocycles. The van der Waals surface area contributed by atoms with Gasteiger partial charge in [-0.2, -0.15) is 0 Å². The van der Waals surface area contributed by atoms with E-state index >= 15 is 0 Å². The van der Waals surface area contributed by atoms with Crippen LogP contribution in [-0.4, -0.2) is 25.5 Å². The second-order valence-electron chi connectivity index (χ2n) is 1.25. The zero-order valence-corrected chi connectivity index (χ0v) is 4.48. The van der Waals surface area contributed by atoms with Crippen LogP contribution < -0.4 is 5.48 Å². The van der Waals surface area contributed by atoms with Gasteiger partial charge in [-0.3, -0.25) is 0 Å². The molecule has 44 valence electrons. The highest BCUT2D eigenvalue weighted by Gasteiger charge is 1.79. The Balaban J connectivity index is 2.45. The third-order valence-corrected chi connectivity index (χ3v) is 0.637. The van der Waals surface area contributed by atoms with Crippen molar-refractivity contribution < 1.29 is 9.94 Å². The van der Waals surface area contributed by atoms with Gasteiger partial charge < -0.3 is 9.94 Å². The molecule has 0 aromatic carbocycles. The van der Waals surface area contributed by atoms with Crippen molar-refractivity contribution >= 4 is 0 Å². The lowest BCUT2D eigenvalue weighted by Crippen LogP contribution is -2.10. The number of methoxy groups -OCH3 is 1. The van der Waals surface area contributed by atoms with E-state index in [1.165, 1.54) is 0 Å². The highest BCUT2D eigenvalue weighted by molar-refractivity contribution is 4.32. The minimum Gasteiger partial charge on any atom is -0.385 e. The topological polar surface area (TPSA) is 41.5 Å². The maximum atomic E-state index is 7.99. The van der Waals surface area contributed by atoms with E-state index in [1.54, 1.807) is 7.11 Å². The minimum absolute atomic E-state index is 0.605. The molecule has 3 heteroatoms. The maximum Gasteiger partial charge on any atom is 0.0475 e. The van der Waals surface area contributed by atoms with Gasteiger partial charge in [0.05, 0.1) is 0 Å². The molecule has 0 fully saturated rings. The van der Waals surface area contributed by atoms with Crippen LogP contribution in [0.1, 0.15) is 6.42 Å². The lowest BCUT2D eigenvalue weighted by atomic mass is 10.5. The quantitative estimate of drug-likeness (QED) is 0.390. The van der Waals surface area contributed by atoms with E-state index in [0.717, 1.165) is 6.42 Å². The summed E-state index contributed by atoms with van der Waals surface area (Å²) in [6.45, 7) is 1.31. The van der Waals surface area contributed by atoms with Crippen LogP contribution in [0.4, 0.5) is 0 Å². The Hall–Kier alpha value is -0.120. The second kappa shape index (κ2) is 5.88. The lowest BCUT2D eigenvalue weighted by molar-refractivity contribution is 0.141. The zero-order valence-electron chi connectivity index (χ0n) is 4.48. The first kappa shape index (κ1) is 6.88. The molecular formula is C4H11NO2. The van der Waals surface area contributed by atoms with Crippen molar-refractivity contribution in [2.24, 2.45) is 0 Å². The molecule has 7 heavy (non-hydrogen) atoms. The normalized spacial score (nSPS) is 9.43. The first-order valence-electron chi connectivity index (χ1n) is 2.27. The number of nitrogens with one attached hydrogen (secondary N) is 1. The van der Waals surface area contributed by atoms with Gasteiger partial charge in [0.1, 0.15) is 0 Å². The van der Waals surface area contributed by atoms with Crippen molar-refractivity contribution in [2.45, 2.75) is 6.42 Å². The van der Waals surface area contributed by atoms with Crippen LogP contribution >= 0.6 is 0 Å². The molecule has 2 N–H and O–H groups in total. The highest BCUT2D eigenvalue weighted by atomic mass is 16.5. The smallest absolute Gasteiger partial charge is 0.0475 e. The van der Waals surface area contributed by atoms with Gasteiger partial charge in [0.2, 0.25) is 0 Å². The molecule has 0 saturated heterocycles. The highest BCUT2D eigenvalue weighted by Crippen LogP contribution is 1.73. The van der Waals surface area contributed by atoms with Crippen molar-refractivity contribution in [3.05, 3.63) is 0 Å². The first-order valence-corrected chi connectivity index (χ1v) is 2.27. The van der Waals surface area contributed by atoms with E-state index in [2.05, 4.69) is 0 Å². The van der Waals surface area contributed by atoms with E-state index < -0.39 is 0 Å². The molecular weight excluding hydrogens is 94.0 g/mol. The zero-order chi connectivity index (χ0) is 5.54. The molecule has 0 aliphatic carbocycles. The molecule has 0 saturated carbocycles. The van der Waals surface area contributed by atoms with E-state index in [1.807, 2.05) is 5.48 Å². The Labute approximate surface area is 43.2 Å². The van der Waals surface area contributed by atoms with Gasteiger partial charge >= 0.3 is 0 Å². The Morgan fingerprint density at radius 2 is 2.43 bits per heavy atom. The van der Waals surface area contributed by atoms with Gasteiger partial charge in [-0.15, -0.1) is 0 Å². The molecule has 0 amide bonds. The van der Waals surface area contributed by atoms with Crippen molar-refractivity contribution in [1.29, 1.82) is 0 Å². The summed E-state index contributed by atoms with van der Waals surface area (Å²) in [5.74, 6) is 0. The summed E-state index contributed by atoms with van der Waals surface area (Å²) < 4.78 is 4.69. The lowest BCUT2D eigenvalue weighted by Gasteiger charge is -1.93. The predicted molar refractivity (Wildman–Crippen MR) is 26.3 cm³/mol. The number of hydrogen-bond acceptors (Lipinski definition) is 3. The fraction of sp³-hybridized carbons (Fsp3) is 1.00. The monoisotopic (exact) mass is 105 g/mol. The van der Waals surface area contributed by atoms with E-state index in [-0.39, 0.29) is 0 Å². The van der Waals surface area contributed by atoms with Crippen LogP contribution in [0.2, 0.25) is 0 Å². The van der Waals surface area contributed by atoms with Gasteiger partial charge in [-0.25, -0.2) is 5.48 Å². The van der Waals surface area contributed by atoms with Crippen LogP contribution in [0, 0.1) is 0 Å². The Morgan fingerprint density at radius 3 is 2.86 bits per heavy atom. The predicted octanol–water partition coefficient (Wildman–Crippen LogP) is 0.00170. The van der Waals surface area contributed by atoms with Gasteiger partial charge in [-0.05, 0) is 6.42 Å². The molecule has 0 unspecified atom stereocenters. The maximum absolute atomic E-state index is 7.99. The minimum atomic E-state index is 0.605. The van der Waals surface area contributed by atoms with Crippen molar-refractivity contribution in [3.63, 3.8) is 0 Å². The number of ether oxygens (including phenoxy) is 1. The van der Waals surface area contributed by atoms with Crippen LogP contribution in [0.15, 0.2) is 0 Å². The molecule has 0 aliphatic rings. The summed E-state index contributed by atoms with van der Waals surface area (Å²) in [5, 5.41) is 7.99. The standard InChI is InChI=1S/C4H11NO2/c1-7-4-2-3-5-6/h5-6H,2-4H2,1H3. The number of rotatable bonds is 4. The van der Waals surface area contributed by atoms with Crippen molar-refractivity contribution in [3.8, 4) is 0 Å². The molecule has 0 aromatic heterocycles. The molecule has 0 bridgehead atoms. The largest absolute Gasteiger partial charge is 0.385 e. The fourth-order valence-corrected chi connectivity index (χ4v) is 0.296. The van der Waals surface area contributed by atoms with Gasteiger partial charge in [0.25, 0.3) is 0 Å². The fourth-order valence-electron chi connectivity index (χ4n) is 0.296. The summed E-state index contributed by atoms with van der Waals surface area (Å²) in [5.41, 5.74) is 2.02. The summed E-state index contributed by atoms with van der Waals surface area (Å²) in [6.07, 6.45) is 0.854. The summed E-state index contributed by atoms with van der Waals surface area (Å²) in [4.78, 5) is 0. The van der Waals surface area contributed by atoms with Crippen LogP contribution in [0.3, 0.4) is 0 Å². The molecule has 0 radical (unpaired) electrons. The van der Waals surface area contributed by atoms with Crippen molar-refractivity contribution in [1.82, 2.24) is 5.48 Å². The molecule has 0 spiro atoms. The average Bonchev–Trinajstić information content (AvgIpc) is 1.69. The SMILES string of the molecule is COCCCNO. The van der Waals surface area contributed by atoms with Crippen LogP contribution in [0.5, 0.6) is 0 Å². The van der Waals surface area contributed by atoms with Crippen LogP contribution in [-0.2, 0) is 4.74 Å². The van der Waals surface area contributed by atoms with Gasteiger partial charge in [0.15, 0.2) is 0 Å².